The smallest absolute Gasteiger partial charge is 0.242 e. The number of hydrogen-bond acceptors (Lipinski definition) is 5. The van der Waals surface area contributed by atoms with Crippen molar-refractivity contribution in [3.8, 4) is 11.4 Å². The number of carbonyl (C=O) groups is 1. The number of aromatic nitrogens is 3. The van der Waals surface area contributed by atoms with E-state index < -0.39 is 5.25 Å². The molecule has 32 heavy (non-hydrogen) atoms. The third-order valence-electron chi connectivity index (χ3n) is 4.91. The number of nitrogens with zero attached hydrogens (tertiary/aromatic N) is 3. The molecule has 0 unspecified atom stereocenters. The Labute approximate surface area is 191 Å². The Bertz CT molecular complexity index is 1200. The highest BCUT2D eigenvalue weighted by atomic mass is 32.2. The summed E-state index contributed by atoms with van der Waals surface area (Å²) < 4.78 is 7.33. The van der Waals surface area contributed by atoms with E-state index in [9.17, 15) is 4.79 Å². The topological polar surface area (TPSA) is 69.0 Å². The molecule has 0 saturated heterocycles. The van der Waals surface area contributed by atoms with Gasteiger partial charge in [-0.05, 0) is 54.8 Å². The normalized spacial score (nSPS) is 11.7. The van der Waals surface area contributed by atoms with E-state index in [1.54, 1.807) is 13.4 Å². The van der Waals surface area contributed by atoms with Gasteiger partial charge in [0.1, 0.15) is 17.3 Å². The fourth-order valence-electron chi connectivity index (χ4n) is 3.56. The van der Waals surface area contributed by atoms with E-state index in [0.717, 1.165) is 28.1 Å². The summed E-state index contributed by atoms with van der Waals surface area (Å²) in [5.41, 5.74) is 4.67. The average Bonchev–Trinajstić information content (AvgIpc) is 3.25. The van der Waals surface area contributed by atoms with Crippen molar-refractivity contribution in [2.75, 3.05) is 12.4 Å². The molecule has 1 N–H and O–H groups in total. The number of thioether (sulfide) groups is 1. The Balaban J connectivity index is 1.67. The summed E-state index contributed by atoms with van der Waals surface area (Å²) >= 11 is 1.35. The predicted molar refractivity (Wildman–Crippen MR) is 127 cm³/mol. The first kappa shape index (κ1) is 21.6. The maximum absolute atomic E-state index is 13.4. The lowest BCUT2D eigenvalue weighted by Gasteiger charge is -2.18. The third kappa shape index (κ3) is 4.84. The zero-order chi connectivity index (χ0) is 22.5. The van der Waals surface area contributed by atoms with Crippen molar-refractivity contribution >= 4 is 23.4 Å². The van der Waals surface area contributed by atoms with Gasteiger partial charge in [-0.2, -0.15) is 0 Å². The number of anilines is 1. The molecule has 0 radical (unpaired) electrons. The lowest BCUT2D eigenvalue weighted by Crippen LogP contribution is -2.19. The van der Waals surface area contributed by atoms with Crippen LogP contribution in [0.3, 0.4) is 0 Å². The van der Waals surface area contributed by atoms with E-state index in [0.29, 0.717) is 10.9 Å². The van der Waals surface area contributed by atoms with E-state index in [-0.39, 0.29) is 5.91 Å². The van der Waals surface area contributed by atoms with Gasteiger partial charge in [0.15, 0.2) is 5.16 Å². The Morgan fingerprint density at radius 3 is 2.41 bits per heavy atom. The Morgan fingerprint density at radius 2 is 1.69 bits per heavy atom. The number of para-hydroxylation sites is 2. The highest BCUT2D eigenvalue weighted by Gasteiger charge is 2.25. The molecule has 0 spiro atoms. The zero-order valence-corrected chi connectivity index (χ0v) is 19.0. The number of rotatable bonds is 7. The minimum absolute atomic E-state index is 0.124. The minimum Gasteiger partial charge on any atom is -0.495 e. The Hall–Kier alpha value is -3.58. The number of methoxy groups -OCH3 is 1. The van der Waals surface area contributed by atoms with Crippen molar-refractivity contribution < 1.29 is 9.53 Å². The van der Waals surface area contributed by atoms with Crippen LogP contribution in [0.15, 0.2) is 84.3 Å². The second kappa shape index (κ2) is 9.70. The van der Waals surface area contributed by atoms with E-state index in [1.807, 2.05) is 85.1 Å². The van der Waals surface area contributed by atoms with E-state index in [4.69, 9.17) is 4.74 Å². The molecule has 0 aliphatic heterocycles. The molecule has 1 heterocycles. The number of hydrogen-bond donors (Lipinski definition) is 1. The third-order valence-corrected chi connectivity index (χ3v) is 6.13. The summed E-state index contributed by atoms with van der Waals surface area (Å²) in [6, 6.07) is 23.3. The van der Waals surface area contributed by atoms with Crippen LogP contribution in [0.1, 0.15) is 21.9 Å². The summed E-state index contributed by atoms with van der Waals surface area (Å²) in [4.78, 5) is 13.4. The maximum Gasteiger partial charge on any atom is 0.242 e. The highest BCUT2D eigenvalue weighted by molar-refractivity contribution is 8.00. The van der Waals surface area contributed by atoms with Crippen molar-refractivity contribution in [1.29, 1.82) is 0 Å². The van der Waals surface area contributed by atoms with E-state index in [2.05, 4.69) is 21.6 Å². The predicted octanol–water partition coefficient (Wildman–Crippen LogP) is 5.36. The van der Waals surface area contributed by atoms with Crippen molar-refractivity contribution in [2.45, 2.75) is 24.3 Å². The molecule has 3 aromatic carbocycles. The first-order chi connectivity index (χ1) is 15.5. The van der Waals surface area contributed by atoms with Crippen LogP contribution in [-0.4, -0.2) is 27.8 Å². The quantitative estimate of drug-likeness (QED) is 0.388. The lowest BCUT2D eigenvalue weighted by molar-refractivity contribution is -0.115. The molecule has 0 fully saturated rings. The average molecular weight is 445 g/mol. The van der Waals surface area contributed by atoms with Crippen LogP contribution >= 0.6 is 11.8 Å². The van der Waals surface area contributed by atoms with Crippen molar-refractivity contribution in [2.24, 2.45) is 0 Å². The largest absolute Gasteiger partial charge is 0.495 e. The second-order valence-corrected chi connectivity index (χ2v) is 8.50. The van der Waals surface area contributed by atoms with Crippen LogP contribution in [0.4, 0.5) is 5.69 Å². The van der Waals surface area contributed by atoms with Gasteiger partial charge in [-0.25, -0.2) is 0 Å². The fraction of sp³-hybridized carbons (Fsp3) is 0.160. The number of nitrogens with one attached hydrogen (secondary N) is 1. The molecule has 6 nitrogen and oxygen atoms in total. The molecule has 4 aromatic rings. The van der Waals surface area contributed by atoms with Gasteiger partial charge in [0.2, 0.25) is 5.91 Å². The number of amides is 1. The van der Waals surface area contributed by atoms with E-state index >= 15 is 0 Å². The Kier molecular flexibility index (Phi) is 6.56. The van der Waals surface area contributed by atoms with Gasteiger partial charge >= 0.3 is 0 Å². The number of benzene rings is 3. The molecule has 162 valence electrons. The molecule has 1 amide bonds. The van der Waals surface area contributed by atoms with Gasteiger partial charge < -0.3 is 10.1 Å². The van der Waals surface area contributed by atoms with Crippen LogP contribution < -0.4 is 10.1 Å². The summed E-state index contributed by atoms with van der Waals surface area (Å²) in [5.74, 6) is 0.575. The molecular formula is C25H24N4O2S. The molecule has 7 heteroatoms. The van der Waals surface area contributed by atoms with Gasteiger partial charge in [-0.1, -0.05) is 60.3 Å². The fourth-order valence-corrected chi connectivity index (χ4v) is 4.58. The van der Waals surface area contributed by atoms with Gasteiger partial charge in [0.25, 0.3) is 0 Å². The summed E-state index contributed by atoms with van der Waals surface area (Å²) in [6.07, 6.45) is 1.63. The lowest BCUT2D eigenvalue weighted by atomic mass is 10.1. The molecular weight excluding hydrogens is 420 g/mol. The molecule has 4 rings (SSSR count). The molecule has 1 atom stereocenters. The molecule has 1 aromatic heterocycles. The standard InChI is InChI=1S/C25H24N4O2S/c1-17-13-18(2)15-20(14-17)27-24(30)23(19-9-5-4-6-10-19)32-25-28-26-16-29(25)21-11-7-8-12-22(21)31-3/h4-16,23H,1-3H3,(H,27,30)/t23-/m1/s1. The number of carbonyl (C=O) groups excluding carboxylic acids is 1. The first-order valence-corrected chi connectivity index (χ1v) is 11.1. The van der Waals surface area contributed by atoms with E-state index in [1.165, 1.54) is 11.8 Å². The van der Waals surface area contributed by atoms with Crippen LogP contribution in [0.2, 0.25) is 0 Å². The maximum atomic E-state index is 13.4. The minimum atomic E-state index is -0.519. The van der Waals surface area contributed by atoms with Gasteiger partial charge in [0.05, 0.1) is 12.8 Å². The summed E-state index contributed by atoms with van der Waals surface area (Å²) in [5, 5.41) is 11.5. The van der Waals surface area contributed by atoms with Crippen LogP contribution in [-0.2, 0) is 4.79 Å². The molecule has 0 aliphatic rings. The highest BCUT2D eigenvalue weighted by Crippen LogP contribution is 2.37. The van der Waals surface area contributed by atoms with Crippen molar-refractivity contribution in [3.63, 3.8) is 0 Å². The Morgan fingerprint density at radius 1 is 1.00 bits per heavy atom. The monoisotopic (exact) mass is 444 g/mol. The summed E-state index contributed by atoms with van der Waals surface area (Å²) in [7, 11) is 1.63. The van der Waals surface area contributed by atoms with Gasteiger partial charge in [-0.3, -0.25) is 9.36 Å². The second-order valence-electron chi connectivity index (χ2n) is 7.43. The van der Waals surface area contributed by atoms with Crippen LogP contribution in [0, 0.1) is 13.8 Å². The van der Waals surface area contributed by atoms with Gasteiger partial charge in [0, 0.05) is 5.69 Å². The van der Waals surface area contributed by atoms with Crippen LogP contribution in [0.25, 0.3) is 5.69 Å². The van der Waals surface area contributed by atoms with Crippen molar-refractivity contribution in [1.82, 2.24) is 14.8 Å². The van der Waals surface area contributed by atoms with Crippen LogP contribution in [0.5, 0.6) is 5.75 Å². The number of aryl methyl sites for hydroxylation is 2. The molecule has 0 aliphatic carbocycles. The first-order valence-electron chi connectivity index (χ1n) is 10.2. The number of ether oxygens (including phenoxy) is 1. The molecule has 0 saturated carbocycles. The molecule has 0 bridgehead atoms. The van der Waals surface area contributed by atoms with Gasteiger partial charge in [-0.15, -0.1) is 10.2 Å². The zero-order valence-electron chi connectivity index (χ0n) is 18.1. The van der Waals surface area contributed by atoms with Crippen molar-refractivity contribution in [3.05, 3.63) is 95.8 Å². The SMILES string of the molecule is COc1ccccc1-n1cnnc1S[C@@H](C(=O)Nc1cc(C)cc(C)c1)c1ccccc1. The summed E-state index contributed by atoms with van der Waals surface area (Å²) in [6.45, 7) is 4.03.